The Bertz CT molecular complexity index is 1150. The van der Waals surface area contributed by atoms with Crippen LogP contribution in [0.2, 0.25) is 0 Å². The van der Waals surface area contributed by atoms with Crippen LogP contribution in [0.15, 0.2) is 60.9 Å². The lowest BCUT2D eigenvalue weighted by molar-refractivity contribution is -0.117. The van der Waals surface area contributed by atoms with Crippen LogP contribution in [0.3, 0.4) is 0 Å². The van der Waals surface area contributed by atoms with Crippen molar-refractivity contribution in [2.24, 2.45) is 0 Å². The predicted octanol–water partition coefficient (Wildman–Crippen LogP) is 3.93. The minimum absolute atomic E-state index is 0.298. The van der Waals surface area contributed by atoms with Crippen LogP contribution in [0.5, 0.6) is 0 Å². The Balaban J connectivity index is 1.63. The molecule has 0 saturated heterocycles. The molecule has 3 N–H and O–H groups in total. The maximum Gasteiger partial charge on any atom is 0.248 e. The fraction of sp³-hybridized carbons (Fsp3) is 0.250. The summed E-state index contributed by atoms with van der Waals surface area (Å²) in [4.78, 5) is 35.1. The van der Waals surface area contributed by atoms with E-state index in [-0.39, 0.29) is 5.91 Å². The number of rotatable bonds is 10. The molecule has 0 aliphatic carbocycles. The molecule has 0 aliphatic heterocycles. The summed E-state index contributed by atoms with van der Waals surface area (Å²) in [5, 5.41) is 9.65. The van der Waals surface area contributed by atoms with Crippen LogP contribution in [0, 0.1) is 3.57 Å². The fourth-order valence-electron chi connectivity index (χ4n) is 3.21. The summed E-state index contributed by atoms with van der Waals surface area (Å²) in [7, 11) is 0. The molecule has 1 aromatic heterocycles. The number of nitrogens with zero attached hydrogens (tertiary/aromatic N) is 3. The first-order chi connectivity index (χ1) is 16.0. The third kappa shape index (κ3) is 7.50. The number of fused-ring (bicyclic) bond motifs is 1. The first-order valence-electron chi connectivity index (χ1n) is 10.7. The third-order valence-corrected chi connectivity index (χ3v) is 5.67. The van der Waals surface area contributed by atoms with Crippen molar-refractivity contribution in [3.8, 4) is 0 Å². The Morgan fingerprint density at radius 3 is 2.55 bits per heavy atom. The van der Waals surface area contributed by atoms with E-state index in [9.17, 15) is 9.59 Å². The van der Waals surface area contributed by atoms with E-state index in [1.807, 2.05) is 36.4 Å². The van der Waals surface area contributed by atoms with Gasteiger partial charge in [0, 0.05) is 45.6 Å². The Hall–Kier alpha value is -3.05. The molecule has 33 heavy (non-hydrogen) atoms. The Kier molecular flexibility index (Phi) is 9.14. The number of hydrogen-bond donors (Lipinski definition) is 3. The zero-order valence-electron chi connectivity index (χ0n) is 18.6. The van der Waals surface area contributed by atoms with Crippen molar-refractivity contribution in [1.29, 1.82) is 0 Å². The van der Waals surface area contributed by atoms with Gasteiger partial charge in [0.1, 0.15) is 12.1 Å². The van der Waals surface area contributed by atoms with E-state index in [0.717, 1.165) is 39.8 Å². The Morgan fingerprint density at radius 1 is 1.00 bits per heavy atom. The third-order valence-electron chi connectivity index (χ3n) is 5.00. The molecule has 0 radical (unpaired) electrons. The quantitative estimate of drug-likeness (QED) is 0.258. The second kappa shape index (κ2) is 12.3. The second-order valence-electron chi connectivity index (χ2n) is 7.23. The van der Waals surface area contributed by atoms with Gasteiger partial charge in [-0.3, -0.25) is 9.59 Å². The maximum atomic E-state index is 12.3. The van der Waals surface area contributed by atoms with Crippen molar-refractivity contribution in [1.82, 2.24) is 20.2 Å². The highest BCUT2D eigenvalue weighted by Gasteiger charge is 2.08. The van der Waals surface area contributed by atoms with Gasteiger partial charge in [-0.25, -0.2) is 9.97 Å². The zero-order chi connectivity index (χ0) is 23.6. The predicted molar refractivity (Wildman–Crippen MR) is 141 cm³/mol. The van der Waals surface area contributed by atoms with E-state index in [2.05, 4.69) is 67.3 Å². The van der Waals surface area contributed by atoms with Crippen LogP contribution in [-0.2, 0) is 9.59 Å². The normalized spacial score (nSPS) is 11.2. The van der Waals surface area contributed by atoms with Crippen LogP contribution in [0.1, 0.15) is 13.8 Å². The summed E-state index contributed by atoms with van der Waals surface area (Å²) in [6, 6.07) is 13.3. The molecule has 2 aromatic carbocycles. The number of halogens is 1. The minimum Gasteiger partial charge on any atom is -0.351 e. The molecule has 0 bridgehead atoms. The van der Waals surface area contributed by atoms with Crippen molar-refractivity contribution < 1.29 is 9.59 Å². The standard InChI is InChI=1S/C24H27IN6O2/c1-3-31(4-2)13-12-26-22(32)10-11-23(33)29-19-8-9-21-20(15-19)24(28-16-27-21)30-18-7-5-6-17(25)14-18/h5-11,14-16H,3-4,12-13H2,1-2H3,(H,26,32)(H,29,33)(H,27,28,30). The fourth-order valence-corrected chi connectivity index (χ4v) is 3.75. The smallest absolute Gasteiger partial charge is 0.248 e. The number of amides is 2. The molecule has 0 aliphatic rings. The van der Waals surface area contributed by atoms with Gasteiger partial charge in [0.25, 0.3) is 0 Å². The summed E-state index contributed by atoms with van der Waals surface area (Å²) < 4.78 is 1.10. The lowest BCUT2D eigenvalue weighted by atomic mass is 10.2. The number of aromatic nitrogens is 2. The zero-order valence-corrected chi connectivity index (χ0v) is 20.8. The highest BCUT2D eigenvalue weighted by Crippen LogP contribution is 2.26. The van der Waals surface area contributed by atoms with Crippen LogP contribution < -0.4 is 16.0 Å². The number of carbonyl (C=O) groups excluding carboxylic acids is 2. The molecule has 8 nitrogen and oxygen atoms in total. The van der Waals surface area contributed by atoms with Gasteiger partial charge in [-0.15, -0.1) is 0 Å². The monoisotopic (exact) mass is 558 g/mol. The summed E-state index contributed by atoms with van der Waals surface area (Å²) in [6.45, 7) is 7.34. The van der Waals surface area contributed by atoms with E-state index < -0.39 is 5.91 Å². The highest BCUT2D eigenvalue weighted by molar-refractivity contribution is 14.1. The van der Waals surface area contributed by atoms with Crippen LogP contribution in [0.25, 0.3) is 10.9 Å². The van der Waals surface area contributed by atoms with Gasteiger partial charge in [0.2, 0.25) is 11.8 Å². The van der Waals surface area contributed by atoms with Crippen LogP contribution in [-0.4, -0.2) is 52.9 Å². The molecule has 3 rings (SSSR count). The van der Waals surface area contributed by atoms with Crippen molar-refractivity contribution in [2.75, 3.05) is 36.8 Å². The first-order valence-corrected chi connectivity index (χ1v) is 11.8. The van der Waals surface area contributed by atoms with Gasteiger partial charge in [-0.05, 0) is 72.1 Å². The summed E-state index contributed by atoms with van der Waals surface area (Å²) in [5.74, 6) is -0.0494. The van der Waals surface area contributed by atoms with E-state index in [4.69, 9.17) is 0 Å². The Morgan fingerprint density at radius 2 is 1.79 bits per heavy atom. The van der Waals surface area contributed by atoms with Crippen molar-refractivity contribution in [2.45, 2.75) is 13.8 Å². The van der Waals surface area contributed by atoms with Gasteiger partial charge >= 0.3 is 0 Å². The number of hydrogen-bond acceptors (Lipinski definition) is 6. The topological polar surface area (TPSA) is 99.3 Å². The lowest BCUT2D eigenvalue weighted by Crippen LogP contribution is -2.34. The molecule has 0 fully saturated rings. The lowest BCUT2D eigenvalue weighted by Gasteiger charge is -2.17. The first kappa shape index (κ1) is 24.6. The maximum absolute atomic E-state index is 12.3. The Labute approximate surface area is 207 Å². The van der Waals surface area contributed by atoms with Gasteiger partial charge < -0.3 is 20.9 Å². The molecular weight excluding hydrogens is 531 g/mol. The van der Waals surface area contributed by atoms with Gasteiger partial charge in [-0.2, -0.15) is 0 Å². The van der Waals surface area contributed by atoms with E-state index in [0.29, 0.717) is 18.1 Å². The largest absolute Gasteiger partial charge is 0.351 e. The van der Waals surface area contributed by atoms with Gasteiger partial charge in [-0.1, -0.05) is 19.9 Å². The number of likely N-dealkylation sites (N-methyl/N-ethyl adjacent to an activating group) is 1. The highest BCUT2D eigenvalue weighted by atomic mass is 127. The molecule has 0 atom stereocenters. The van der Waals surface area contributed by atoms with Crippen molar-refractivity contribution in [3.63, 3.8) is 0 Å². The van der Waals surface area contributed by atoms with E-state index in [1.165, 1.54) is 18.5 Å². The van der Waals surface area contributed by atoms with Crippen LogP contribution >= 0.6 is 22.6 Å². The number of benzene rings is 2. The van der Waals surface area contributed by atoms with E-state index >= 15 is 0 Å². The molecule has 0 unspecified atom stereocenters. The van der Waals surface area contributed by atoms with Gasteiger partial charge in [0.15, 0.2) is 0 Å². The number of anilines is 3. The molecule has 172 valence electrons. The molecule has 9 heteroatoms. The summed E-state index contributed by atoms with van der Waals surface area (Å²) >= 11 is 2.25. The molecule has 0 saturated carbocycles. The molecular formula is C24H27IN6O2. The molecule has 3 aromatic rings. The summed E-state index contributed by atoms with van der Waals surface area (Å²) in [6.07, 6.45) is 3.97. The molecule has 2 amide bonds. The minimum atomic E-state index is -0.391. The average molecular weight is 558 g/mol. The van der Waals surface area contributed by atoms with Gasteiger partial charge in [0.05, 0.1) is 5.52 Å². The average Bonchev–Trinajstić information content (AvgIpc) is 2.81. The SMILES string of the molecule is CCN(CC)CCNC(=O)C=CC(=O)Nc1ccc2ncnc(Nc3cccc(I)c3)c2c1. The molecule has 1 heterocycles. The number of carbonyl (C=O) groups is 2. The van der Waals surface area contributed by atoms with E-state index in [1.54, 1.807) is 6.07 Å². The van der Waals surface area contributed by atoms with Crippen LogP contribution in [0.4, 0.5) is 17.2 Å². The number of nitrogens with one attached hydrogen (secondary N) is 3. The summed E-state index contributed by atoms with van der Waals surface area (Å²) in [5.41, 5.74) is 2.24. The van der Waals surface area contributed by atoms with Crippen molar-refractivity contribution in [3.05, 3.63) is 64.5 Å². The molecule has 0 spiro atoms. The van der Waals surface area contributed by atoms with Crippen molar-refractivity contribution >= 4 is 62.5 Å². The second-order valence-corrected chi connectivity index (χ2v) is 8.48.